The molecule has 10 atom stereocenters. The van der Waals surface area contributed by atoms with Crippen molar-refractivity contribution in [3.63, 3.8) is 0 Å². The minimum absolute atomic E-state index is 0.0217. The predicted molar refractivity (Wildman–Crippen MR) is 343 cm³/mol. The molecule has 2 fully saturated rings. The molecule has 10 unspecified atom stereocenters. The molecule has 0 saturated carbocycles. The highest BCUT2D eigenvalue weighted by Gasteiger charge is 2.42. The van der Waals surface area contributed by atoms with Crippen molar-refractivity contribution in [2.75, 3.05) is 13.1 Å². The number of carbonyl (C=O) groups is 12. The fourth-order valence-electron chi connectivity index (χ4n) is 11.4. The fourth-order valence-corrected chi connectivity index (χ4v) is 11.4. The number of hydrogen-bond acceptors (Lipinski definition) is 13. The first kappa shape index (κ1) is 71.9. The van der Waals surface area contributed by atoms with Crippen LogP contribution in [0.2, 0.25) is 0 Å². The number of benzene rings is 3. The van der Waals surface area contributed by atoms with Gasteiger partial charge < -0.3 is 74.9 Å². The number of amides is 12. The zero-order chi connectivity index (χ0) is 67.2. The van der Waals surface area contributed by atoms with Crippen LogP contribution < -0.4 is 65.1 Å². The second-order valence-electron chi connectivity index (χ2n) is 25.1. The van der Waals surface area contributed by atoms with Crippen LogP contribution in [0.15, 0.2) is 91.1 Å². The second kappa shape index (κ2) is 34.8. The molecule has 0 radical (unpaired) electrons. The van der Waals surface area contributed by atoms with Gasteiger partial charge in [-0.2, -0.15) is 0 Å². The maximum Gasteiger partial charge on any atom is 0.246 e. The molecule has 1 aromatic heterocycles. The van der Waals surface area contributed by atoms with Crippen LogP contribution in [0.5, 0.6) is 0 Å². The maximum atomic E-state index is 15.1. The van der Waals surface area contributed by atoms with Gasteiger partial charge in [-0.25, -0.2) is 0 Å². The quantitative estimate of drug-likeness (QED) is 0.0540. The minimum atomic E-state index is -1.81. The zero-order valence-electron chi connectivity index (χ0n) is 53.4. The monoisotopic (exact) mass is 1270 g/mol. The van der Waals surface area contributed by atoms with E-state index in [9.17, 15) is 52.7 Å². The van der Waals surface area contributed by atoms with Gasteiger partial charge in [0.1, 0.15) is 60.4 Å². The molecule has 12 amide bonds. The Morgan fingerprint density at radius 1 is 0.489 bits per heavy atom. The molecule has 0 aliphatic carbocycles. The van der Waals surface area contributed by atoms with Crippen molar-refractivity contribution in [3.8, 4) is 0 Å². The smallest absolute Gasteiger partial charge is 0.246 e. The first-order valence-corrected chi connectivity index (χ1v) is 31.7. The van der Waals surface area contributed by atoms with Gasteiger partial charge in [0, 0.05) is 49.3 Å². The van der Waals surface area contributed by atoms with Crippen molar-refractivity contribution in [3.05, 3.63) is 108 Å². The number of para-hydroxylation sites is 1. The van der Waals surface area contributed by atoms with Crippen LogP contribution in [0.3, 0.4) is 0 Å². The Morgan fingerprint density at radius 3 is 1.51 bits per heavy atom. The lowest BCUT2D eigenvalue weighted by molar-refractivity contribution is -0.142. The van der Waals surface area contributed by atoms with E-state index >= 15 is 4.79 Å². The summed E-state index contributed by atoms with van der Waals surface area (Å²) in [6, 6.07) is 10.4. The Bertz CT molecular complexity index is 3230. The van der Waals surface area contributed by atoms with Gasteiger partial charge in [-0.3, -0.25) is 57.5 Å². The average molecular weight is 1270 g/mol. The Balaban J connectivity index is 1.46. The standard InChI is InChI=1S/C66H92N14O12/c1-37(2)30-47-60(86)78-52(33-41-20-11-8-12-21-41)66(92)80-29-17-25-53(80)64(90)77-48(31-38(3)4)59(85)74-49(32-40-18-9-7-10-19-40)61(87)76-51(35-55(69)82)62(88)71-46(26-27-54(68)81)58(84)75-50(34-42-36-70-44-23-14-13-22-43(42)44)63(89)79-56(39(5)6)65(91)72-45(57(83)73-47)24-15-16-28-67/h7-14,18-23,36-39,45-53,56,70H,15-17,24-35,67H2,1-6H3,(H2,68,81)(H2,69,82)(H,71,88)(H,72,91)(H,73,83)(H,74,85)(H,75,84)(H,76,87)(H,77,90)(H,78,86)(H,79,89). The molecule has 0 bridgehead atoms. The van der Waals surface area contributed by atoms with E-state index in [1.807, 2.05) is 27.7 Å². The molecule has 16 N–H and O–H groups in total. The third-order valence-corrected chi connectivity index (χ3v) is 16.2. The van der Waals surface area contributed by atoms with E-state index in [0.29, 0.717) is 46.9 Å². The number of nitrogens with two attached hydrogens (primary N) is 3. The number of nitrogens with zero attached hydrogens (tertiary/aromatic N) is 1. The van der Waals surface area contributed by atoms with E-state index in [2.05, 4.69) is 52.8 Å². The van der Waals surface area contributed by atoms with Gasteiger partial charge in [-0.1, -0.05) is 120 Å². The fraction of sp³-hybridized carbons (Fsp3) is 0.515. The SMILES string of the molecule is CC(C)CC1NC(=O)C(CCCCN)NC(=O)C(C(C)C)NC(=O)C(Cc2c[nH]c3ccccc23)NC(=O)C(CCC(N)=O)NC(=O)C(CC(N)=O)NC(=O)C(Cc2ccccc2)NC(=O)C(CC(C)C)NC(=O)C2CCCN2C(=O)C(Cc2ccccc2)NC1=O. The normalized spacial score (nSPS) is 24.1. The molecular weight excluding hydrogens is 1180 g/mol. The maximum absolute atomic E-state index is 15.1. The summed E-state index contributed by atoms with van der Waals surface area (Å²) in [6.07, 6.45) is 1.03. The van der Waals surface area contributed by atoms with Gasteiger partial charge in [0.2, 0.25) is 70.9 Å². The van der Waals surface area contributed by atoms with E-state index < -0.39 is 156 Å². The number of primary amides is 2. The highest BCUT2D eigenvalue weighted by atomic mass is 16.2. The first-order valence-electron chi connectivity index (χ1n) is 31.7. The predicted octanol–water partition coefficient (Wildman–Crippen LogP) is 0.582. The van der Waals surface area contributed by atoms with Crippen LogP contribution in [0.25, 0.3) is 10.9 Å². The molecule has 6 rings (SSSR count). The Kier molecular flexibility index (Phi) is 27.2. The molecule has 498 valence electrons. The average Bonchev–Trinajstić information content (AvgIpc) is 1.76. The van der Waals surface area contributed by atoms with Crippen molar-refractivity contribution in [1.82, 2.24) is 57.7 Å². The largest absolute Gasteiger partial charge is 0.370 e. The van der Waals surface area contributed by atoms with Crippen LogP contribution in [0, 0.1) is 17.8 Å². The third-order valence-electron chi connectivity index (χ3n) is 16.2. The summed E-state index contributed by atoms with van der Waals surface area (Å²) in [7, 11) is 0. The van der Waals surface area contributed by atoms with Crippen molar-refractivity contribution >= 4 is 81.8 Å². The lowest BCUT2D eigenvalue weighted by atomic mass is 9.98. The van der Waals surface area contributed by atoms with Gasteiger partial charge >= 0.3 is 0 Å². The van der Waals surface area contributed by atoms with Gasteiger partial charge in [-0.05, 0) is 98.4 Å². The molecule has 2 aliphatic rings. The molecule has 3 aromatic carbocycles. The van der Waals surface area contributed by atoms with E-state index in [1.165, 1.54) is 4.90 Å². The molecule has 26 heteroatoms. The van der Waals surface area contributed by atoms with Crippen molar-refractivity contribution in [2.45, 2.75) is 185 Å². The van der Waals surface area contributed by atoms with E-state index in [1.54, 1.807) is 105 Å². The third kappa shape index (κ3) is 21.5. The van der Waals surface area contributed by atoms with Crippen molar-refractivity contribution < 1.29 is 57.5 Å². The number of fused-ring (bicyclic) bond motifs is 2. The number of aromatic nitrogens is 1. The van der Waals surface area contributed by atoms with Crippen LogP contribution in [-0.4, -0.2) is 154 Å². The Labute approximate surface area is 536 Å². The van der Waals surface area contributed by atoms with Crippen molar-refractivity contribution in [1.29, 1.82) is 0 Å². The van der Waals surface area contributed by atoms with Gasteiger partial charge in [-0.15, -0.1) is 0 Å². The van der Waals surface area contributed by atoms with E-state index in [4.69, 9.17) is 17.2 Å². The molecule has 92 heavy (non-hydrogen) atoms. The molecule has 2 saturated heterocycles. The number of H-pyrrole nitrogens is 1. The molecule has 0 spiro atoms. The zero-order valence-corrected chi connectivity index (χ0v) is 53.4. The van der Waals surface area contributed by atoms with Crippen LogP contribution >= 0.6 is 0 Å². The molecule has 4 aromatic rings. The Morgan fingerprint density at radius 2 is 0.946 bits per heavy atom. The summed E-state index contributed by atoms with van der Waals surface area (Å²) in [5.41, 5.74) is 19.6. The van der Waals surface area contributed by atoms with Crippen LogP contribution in [-0.2, 0) is 76.8 Å². The molecule has 2 aliphatic heterocycles. The first-order chi connectivity index (χ1) is 43.8. The van der Waals surface area contributed by atoms with Gasteiger partial charge in [0.15, 0.2) is 0 Å². The lowest BCUT2D eigenvalue weighted by Gasteiger charge is -2.32. The number of rotatable bonds is 20. The highest BCUT2D eigenvalue weighted by molar-refractivity contribution is 6.01. The number of hydrogen-bond donors (Lipinski definition) is 13. The van der Waals surface area contributed by atoms with Crippen LogP contribution in [0.1, 0.15) is 122 Å². The van der Waals surface area contributed by atoms with E-state index in [0.717, 1.165) is 0 Å². The summed E-state index contributed by atoms with van der Waals surface area (Å²) in [4.78, 5) is 177. The summed E-state index contributed by atoms with van der Waals surface area (Å²) < 4.78 is 0. The van der Waals surface area contributed by atoms with Gasteiger partial charge in [0.05, 0.1) is 6.42 Å². The summed E-state index contributed by atoms with van der Waals surface area (Å²) >= 11 is 0. The minimum Gasteiger partial charge on any atom is -0.370 e. The number of aromatic amines is 1. The van der Waals surface area contributed by atoms with Gasteiger partial charge in [0.25, 0.3) is 0 Å². The second-order valence-corrected chi connectivity index (χ2v) is 25.1. The topological polar surface area (TPSA) is 410 Å². The number of unbranched alkanes of at least 4 members (excludes halogenated alkanes) is 1. The molecule has 26 nitrogen and oxygen atoms in total. The van der Waals surface area contributed by atoms with Crippen LogP contribution in [0.4, 0.5) is 0 Å². The van der Waals surface area contributed by atoms with Crippen molar-refractivity contribution in [2.24, 2.45) is 35.0 Å². The Hall–Kier alpha value is -9.20. The summed E-state index contributed by atoms with van der Waals surface area (Å²) in [6.45, 7) is 11.0. The summed E-state index contributed by atoms with van der Waals surface area (Å²) in [5, 5.41) is 25.3. The number of carbonyl (C=O) groups excluding carboxylic acids is 12. The molecule has 3 heterocycles. The molecular formula is C66H92N14O12. The van der Waals surface area contributed by atoms with E-state index in [-0.39, 0.29) is 69.9 Å². The summed E-state index contributed by atoms with van der Waals surface area (Å²) in [5.74, 6) is -11.4. The lowest BCUT2D eigenvalue weighted by Crippen LogP contribution is -2.62. The number of nitrogens with one attached hydrogen (secondary N) is 10. The highest BCUT2D eigenvalue weighted by Crippen LogP contribution is 2.23.